The van der Waals surface area contributed by atoms with Gasteiger partial charge in [0, 0.05) is 31.7 Å². The zero-order valence-corrected chi connectivity index (χ0v) is 19.7. The topological polar surface area (TPSA) is 102 Å². The molecule has 2 aromatic rings. The molecule has 0 bridgehead atoms. The van der Waals surface area contributed by atoms with E-state index in [9.17, 15) is 14.7 Å². The van der Waals surface area contributed by atoms with Crippen molar-refractivity contribution in [3.63, 3.8) is 0 Å². The van der Waals surface area contributed by atoms with Gasteiger partial charge in [0.1, 0.15) is 23.3 Å². The van der Waals surface area contributed by atoms with E-state index in [1.165, 1.54) is 19.1 Å². The number of morpholine rings is 1. The Bertz CT molecular complexity index is 1080. The molecular formula is C25H30N2O7. The lowest BCUT2D eigenvalue weighted by Gasteiger charge is -2.28. The van der Waals surface area contributed by atoms with E-state index in [-0.39, 0.29) is 11.3 Å². The number of ether oxygens (including phenoxy) is 3. The summed E-state index contributed by atoms with van der Waals surface area (Å²) in [5, 5.41) is 11.2. The van der Waals surface area contributed by atoms with E-state index in [0.717, 1.165) is 19.6 Å². The molecule has 9 nitrogen and oxygen atoms in total. The molecule has 3 heterocycles. The molecule has 0 saturated carbocycles. The number of methoxy groups -OCH3 is 2. The second kappa shape index (κ2) is 10.3. The van der Waals surface area contributed by atoms with Gasteiger partial charge >= 0.3 is 0 Å². The van der Waals surface area contributed by atoms with Gasteiger partial charge in [-0.05, 0) is 43.7 Å². The molecule has 9 heteroatoms. The number of ketones is 1. The number of carbonyl (C=O) groups excluding carboxylic acids is 2. The van der Waals surface area contributed by atoms with E-state index in [4.69, 9.17) is 18.6 Å². The summed E-state index contributed by atoms with van der Waals surface area (Å²) in [5.41, 5.74) is 0.343. The minimum atomic E-state index is -0.813. The Hall–Kier alpha value is -3.30. The van der Waals surface area contributed by atoms with Gasteiger partial charge < -0.3 is 28.6 Å². The second-order valence-electron chi connectivity index (χ2n) is 8.32. The summed E-state index contributed by atoms with van der Waals surface area (Å²) in [6.07, 6.45) is 0.680. The van der Waals surface area contributed by atoms with Crippen molar-refractivity contribution in [1.29, 1.82) is 0 Å². The van der Waals surface area contributed by atoms with Crippen LogP contribution in [0.4, 0.5) is 0 Å². The van der Waals surface area contributed by atoms with Crippen molar-refractivity contribution >= 4 is 17.4 Å². The number of likely N-dealkylation sites (tertiary alicyclic amines) is 1. The molecule has 1 aromatic carbocycles. The Labute approximate surface area is 198 Å². The number of aliphatic hydroxyl groups is 1. The quantitative estimate of drug-likeness (QED) is 0.357. The number of hydrogen-bond donors (Lipinski definition) is 1. The maximum Gasteiger partial charge on any atom is 0.295 e. The highest BCUT2D eigenvalue weighted by molar-refractivity contribution is 6.46. The van der Waals surface area contributed by atoms with E-state index in [1.807, 2.05) is 0 Å². The van der Waals surface area contributed by atoms with Gasteiger partial charge in [0.2, 0.25) is 0 Å². The maximum absolute atomic E-state index is 13.1. The van der Waals surface area contributed by atoms with Gasteiger partial charge in [-0.2, -0.15) is 0 Å². The maximum atomic E-state index is 13.1. The van der Waals surface area contributed by atoms with E-state index >= 15 is 0 Å². The number of carbonyl (C=O) groups is 2. The number of furan rings is 1. The Morgan fingerprint density at radius 3 is 2.44 bits per heavy atom. The van der Waals surface area contributed by atoms with Gasteiger partial charge in [-0.3, -0.25) is 14.5 Å². The number of benzene rings is 1. The molecule has 34 heavy (non-hydrogen) atoms. The first-order valence-electron chi connectivity index (χ1n) is 11.3. The van der Waals surface area contributed by atoms with Gasteiger partial charge in [0.25, 0.3) is 11.7 Å². The highest BCUT2D eigenvalue weighted by Crippen LogP contribution is 2.41. The van der Waals surface area contributed by atoms with Crippen LogP contribution in [-0.2, 0) is 14.3 Å². The van der Waals surface area contributed by atoms with Crippen molar-refractivity contribution in [2.75, 3.05) is 53.6 Å². The number of aryl methyl sites for hydroxylation is 1. The molecule has 1 amide bonds. The third-order valence-electron chi connectivity index (χ3n) is 6.20. The van der Waals surface area contributed by atoms with Crippen molar-refractivity contribution in [1.82, 2.24) is 9.80 Å². The van der Waals surface area contributed by atoms with Crippen molar-refractivity contribution in [2.24, 2.45) is 0 Å². The predicted octanol–water partition coefficient (Wildman–Crippen LogP) is 2.75. The lowest BCUT2D eigenvalue weighted by Crippen LogP contribution is -2.38. The lowest BCUT2D eigenvalue weighted by molar-refractivity contribution is -0.140. The number of Topliss-reactive ketones (excluding diaryl/α,β-unsaturated/α-hetero) is 1. The molecule has 182 valence electrons. The van der Waals surface area contributed by atoms with E-state index < -0.39 is 17.7 Å². The Morgan fingerprint density at radius 1 is 1.06 bits per heavy atom. The summed E-state index contributed by atoms with van der Waals surface area (Å²) in [4.78, 5) is 30.0. The molecular weight excluding hydrogens is 440 g/mol. The first kappa shape index (κ1) is 23.8. The molecule has 2 aliphatic rings. The monoisotopic (exact) mass is 470 g/mol. The van der Waals surface area contributed by atoms with Crippen LogP contribution in [0.2, 0.25) is 0 Å². The van der Waals surface area contributed by atoms with Crippen molar-refractivity contribution < 1.29 is 33.3 Å². The molecule has 0 aliphatic carbocycles. The Balaban J connectivity index is 1.67. The standard InChI is InChI=1S/C25H30N2O7/c1-16-5-7-19(34-16)22-21(23(28)17-6-8-18(31-2)20(15-17)32-3)24(29)25(30)27(22)10-4-9-26-11-13-33-14-12-26/h5-8,15,22,28H,4,9-14H2,1-3H3/b23-21-. The minimum Gasteiger partial charge on any atom is -0.507 e. The zero-order chi connectivity index (χ0) is 24.2. The van der Waals surface area contributed by atoms with Gasteiger partial charge in [-0.25, -0.2) is 0 Å². The number of aliphatic hydroxyl groups excluding tert-OH is 1. The predicted molar refractivity (Wildman–Crippen MR) is 124 cm³/mol. The van der Waals surface area contributed by atoms with E-state index in [2.05, 4.69) is 4.90 Å². The molecule has 0 radical (unpaired) electrons. The van der Waals surface area contributed by atoms with Crippen LogP contribution < -0.4 is 9.47 Å². The van der Waals surface area contributed by atoms with Gasteiger partial charge in [-0.1, -0.05) is 0 Å². The second-order valence-corrected chi connectivity index (χ2v) is 8.32. The lowest BCUT2D eigenvalue weighted by atomic mass is 9.99. The third-order valence-corrected chi connectivity index (χ3v) is 6.20. The van der Waals surface area contributed by atoms with Crippen LogP contribution in [0.1, 0.15) is 29.5 Å². The summed E-state index contributed by atoms with van der Waals surface area (Å²) in [5.74, 6) is 0.303. The SMILES string of the molecule is COc1ccc(/C(O)=C2/C(=O)C(=O)N(CCCN3CCOCC3)C2c2ccc(C)o2)cc1OC. The van der Waals surface area contributed by atoms with Crippen LogP contribution in [0.5, 0.6) is 11.5 Å². The number of rotatable bonds is 8. The minimum absolute atomic E-state index is 0.00191. The van der Waals surface area contributed by atoms with Crippen LogP contribution >= 0.6 is 0 Å². The first-order chi connectivity index (χ1) is 16.4. The number of amides is 1. The molecule has 2 fully saturated rings. The largest absolute Gasteiger partial charge is 0.507 e. The van der Waals surface area contributed by atoms with Crippen LogP contribution in [0.15, 0.2) is 40.3 Å². The van der Waals surface area contributed by atoms with Crippen LogP contribution in [0.3, 0.4) is 0 Å². The van der Waals surface area contributed by atoms with E-state index in [1.54, 1.807) is 37.3 Å². The van der Waals surface area contributed by atoms with Crippen LogP contribution in [0, 0.1) is 6.92 Å². The molecule has 1 N–H and O–H groups in total. The number of nitrogens with zero attached hydrogens (tertiary/aromatic N) is 2. The van der Waals surface area contributed by atoms with Gasteiger partial charge in [0.15, 0.2) is 11.5 Å². The highest BCUT2D eigenvalue weighted by atomic mass is 16.5. The molecule has 1 atom stereocenters. The number of hydrogen-bond acceptors (Lipinski definition) is 8. The van der Waals surface area contributed by atoms with E-state index in [0.29, 0.717) is 54.8 Å². The van der Waals surface area contributed by atoms with Crippen molar-refractivity contribution in [3.05, 3.63) is 53.0 Å². The average Bonchev–Trinajstić information content (AvgIpc) is 3.39. The van der Waals surface area contributed by atoms with Gasteiger partial charge in [-0.15, -0.1) is 0 Å². The molecule has 0 spiro atoms. The van der Waals surface area contributed by atoms with Crippen molar-refractivity contribution in [3.8, 4) is 11.5 Å². The summed E-state index contributed by atoms with van der Waals surface area (Å²) < 4.78 is 21.8. The molecule has 1 unspecified atom stereocenters. The van der Waals surface area contributed by atoms with Crippen molar-refractivity contribution in [2.45, 2.75) is 19.4 Å². The molecule has 4 rings (SSSR count). The fraction of sp³-hybridized carbons (Fsp3) is 0.440. The van der Waals surface area contributed by atoms with Crippen LogP contribution in [0.25, 0.3) is 5.76 Å². The molecule has 1 aromatic heterocycles. The molecule has 2 aliphatic heterocycles. The Morgan fingerprint density at radius 2 is 1.79 bits per heavy atom. The smallest absolute Gasteiger partial charge is 0.295 e. The third kappa shape index (κ3) is 4.67. The van der Waals surface area contributed by atoms with Crippen LogP contribution in [-0.4, -0.2) is 80.2 Å². The Kier molecular flexibility index (Phi) is 7.23. The zero-order valence-electron chi connectivity index (χ0n) is 19.7. The fourth-order valence-corrected chi connectivity index (χ4v) is 4.44. The fourth-order valence-electron chi connectivity index (χ4n) is 4.44. The average molecular weight is 471 g/mol. The summed E-state index contributed by atoms with van der Waals surface area (Å²) in [7, 11) is 3.00. The van der Waals surface area contributed by atoms with Gasteiger partial charge in [0.05, 0.1) is 33.0 Å². The summed E-state index contributed by atoms with van der Waals surface area (Å²) in [6.45, 7) is 6.02. The molecule has 2 saturated heterocycles. The first-order valence-corrected chi connectivity index (χ1v) is 11.3. The summed E-state index contributed by atoms with van der Waals surface area (Å²) >= 11 is 0. The highest BCUT2D eigenvalue weighted by Gasteiger charge is 2.47. The normalized spacial score (nSPS) is 20.7. The summed E-state index contributed by atoms with van der Waals surface area (Å²) in [6, 6.07) is 7.53.